The molecule has 0 radical (unpaired) electrons. The lowest BCUT2D eigenvalue weighted by Gasteiger charge is -2.44. The van der Waals surface area contributed by atoms with E-state index in [1.165, 1.54) is 59.2 Å². The van der Waals surface area contributed by atoms with E-state index in [1.807, 2.05) is 0 Å². The zero-order valence-electron chi connectivity index (χ0n) is 18.4. The average Bonchev–Trinajstić information content (AvgIpc) is 2.77. The molecule has 3 aromatic rings. The minimum atomic E-state index is -0.255. The Bertz CT molecular complexity index is 1090. The summed E-state index contributed by atoms with van der Waals surface area (Å²) in [6.45, 7) is 2.16. The standard InChI is InChI=1S/C28H32O2S/c1-28(14-13-20-7-2-5-10-24(20)17-28)30-27(29)19-31-18-25-12-6-11-23-15-21-8-3-4-9-22(21)16-26(23)25/h3-4,6,8-9,11-12,15-16,20,24H,2,5,7,10,13-14,17-19H2,1H3. The first-order valence-electron chi connectivity index (χ1n) is 11.8. The SMILES string of the molecule is CC1(OC(=O)CSCc2cccc3cc4ccccc4cc23)CCC2CCCCC2C1. The second-order valence-corrected chi connectivity index (χ2v) is 10.8. The number of hydrogen-bond acceptors (Lipinski definition) is 3. The maximum atomic E-state index is 12.7. The third-order valence-corrected chi connectivity index (χ3v) is 8.43. The number of carbonyl (C=O) groups excluding carboxylic acids is 1. The van der Waals surface area contributed by atoms with Crippen LogP contribution < -0.4 is 0 Å². The highest BCUT2D eigenvalue weighted by molar-refractivity contribution is 7.99. The van der Waals surface area contributed by atoms with Crippen molar-refractivity contribution in [2.75, 3.05) is 5.75 Å². The summed E-state index contributed by atoms with van der Waals surface area (Å²) in [6.07, 6.45) is 8.75. The molecule has 162 valence electrons. The molecule has 0 saturated heterocycles. The zero-order valence-corrected chi connectivity index (χ0v) is 19.3. The highest BCUT2D eigenvalue weighted by Crippen LogP contribution is 2.45. The molecular formula is C28H32O2S. The predicted octanol–water partition coefficient (Wildman–Crippen LogP) is 7.52. The molecule has 31 heavy (non-hydrogen) atoms. The molecule has 5 rings (SSSR count). The van der Waals surface area contributed by atoms with Crippen LogP contribution in [0.2, 0.25) is 0 Å². The molecule has 2 saturated carbocycles. The van der Waals surface area contributed by atoms with Crippen molar-refractivity contribution in [1.29, 1.82) is 0 Å². The Kier molecular flexibility index (Phi) is 5.97. The van der Waals surface area contributed by atoms with E-state index in [2.05, 4.69) is 61.5 Å². The minimum absolute atomic E-state index is 0.0487. The van der Waals surface area contributed by atoms with Crippen LogP contribution in [0.1, 0.15) is 57.4 Å². The lowest BCUT2D eigenvalue weighted by Crippen LogP contribution is -2.42. The number of carbonyl (C=O) groups is 1. The van der Waals surface area contributed by atoms with Gasteiger partial charge in [-0.25, -0.2) is 0 Å². The van der Waals surface area contributed by atoms with E-state index >= 15 is 0 Å². The molecule has 0 N–H and O–H groups in total. The molecule has 0 bridgehead atoms. The summed E-state index contributed by atoms with van der Waals surface area (Å²) in [7, 11) is 0. The van der Waals surface area contributed by atoms with Crippen molar-refractivity contribution in [3.63, 3.8) is 0 Å². The van der Waals surface area contributed by atoms with Gasteiger partial charge in [0.05, 0.1) is 5.75 Å². The first-order valence-corrected chi connectivity index (χ1v) is 13.0. The van der Waals surface area contributed by atoms with Gasteiger partial charge in [0, 0.05) is 5.75 Å². The van der Waals surface area contributed by atoms with E-state index in [4.69, 9.17) is 4.74 Å². The van der Waals surface area contributed by atoms with Crippen LogP contribution in [0.15, 0.2) is 54.6 Å². The number of hydrogen-bond donors (Lipinski definition) is 0. The Balaban J connectivity index is 1.20. The zero-order chi connectivity index (χ0) is 21.3. The van der Waals surface area contributed by atoms with Gasteiger partial charge in [0.2, 0.25) is 0 Å². The third-order valence-electron chi connectivity index (χ3n) is 7.48. The Morgan fingerprint density at radius 3 is 2.55 bits per heavy atom. The molecule has 2 aliphatic carbocycles. The lowest BCUT2D eigenvalue weighted by atomic mass is 9.66. The molecule has 0 amide bonds. The maximum absolute atomic E-state index is 12.7. The smallest absolute Gasteiger partial charge is 0.316 e. The lowest BCUT2D eigenvalue weighted by molar-refractivity contribution is -0.161. The van der Waals surface area contributed by atoms with Gasteiger partial charge in [-0.2, -0.15) is 0 Å². The Labute approximate surface area is 189 Å². The summed E-state index contributed by atoms with van der Waals surface area (Å²) in [5, 5.41) is 5.07. The molecule has 3 atom stereocenters. The quantitative estimate of drug-likeness (QED) is 0.308. The molecule has 0 heterocycles. The van der Waals surface area contributed by atoms with Gasteiger partial charge in [0.15, 0.2) is 0 Å². The van der Waals surface area contributed by atoms with Crippen molar-refractivity contribution >= 4 is 39.3 Å². The summed E-state index contributed by atoms with van der Waals surface area (Å²) >= 11 is 1.67. The van der Waals surface area contributed by atoms with Gasteiger partial charge in [-0.3, -0.25) is 4.79 Å². The maximum Gasteiger partial charge on any atom is 0.316 e. The fourth-order valence-corrected chi connectivity index (χ4v) is 6.68. The number of thioether (sulfide) groups is 1. The number of fused-ring (bicyclic) bond motifs is 3. The van der Waals surface area contributed by atoms with E-state index in [9.17, 15) is 4.79 Å². The van der Waals surface area contributed by atoms with Crippen LogP contribution in [-0.2, 0) is 15.3 Å². The van der Waals surface area contributed by atoms with Gasteiger partial charge in [-0.1, -0.05) is 68.1 Å². The fraction of sp³-hybridized carbons (Fsp3) is 0.464. The topological polar surface area (TPSA) is 26.3 Å². The van der Waals surface area contributed by atoms with Crippen LogP contribution in [0, 0.1) is 11.8 Å². The van der Waals surface area contributed by atoms with E-state index in [0.29, 0.717) is 5.75 Å². The van der Waals surface area contributed by atoms with Crippen molar-refractivity contribution in [3.05, 3.63) is 60.2 Å². The number of rotatable bonds is 5. The highest BCUT2D eigenvalue weighted by Gasteiger charge is 2.40. The van der Waals surface area contributed by atoms with E-state index in [1.54, 1.807) is 11.8 Å². The molecule has 2 nitrogen and oxygen atoms in total. The summed E-state index contributed by atoms with van der Waals surface area (Å²) in [5.74, 6) is 2.84. The minimum Gasteiger partial charge on any atom is -0.459 e. The fourth-order valence-electron chi connectivity index (χ4n) is 5.88. The summed E-state index contributed by atoms with van der Waals surface area (Å²) in [5.41, 5.74) is 1.03. The number of ether oxygens (including phenoxy) is 1. The van der Waals surface area contributed by atoms with Crippen molar-refractivity contribution in [2.24, 2.45) is 11.8 Å². The van der Waals surface area contributed by atoms with Crippen molar-refractivity contribution < 1.29 is 9.53 Å². The predicted molar refractivity (Wildman–Crippen MR) is 131 cm³/mol. The van der Waals surface area contributed by atoms with Gasteiger partial charge in [0.1, 0.15) is 5.60 Å². The van der Waals surface area contributed by atoms with Crippen molar-refractivity contribution in [2.45, 2.75) is 63.2 Å². The van der Waals surface area contributed by atoms with Crippen molar-refractivity contribution in [3.8, 4) is 0 Å². The first kappa shape index (κ1) is 20.9. The highest BCUT2D eigenvalue weighted by atomic mass is 32.2. The second kappa shape index (κ2) is 8.86. The molecule has 3 heteroatoms. The second-order valence-electron chi connectivity index (χ2n) is 9.80. The normalized spacial score (nSPS) is 26.0. The molecule has 2 aliphatic rings. The first-order chi connectivity index (χ1) is 15.1. The molecule has 0 spiro atoms. The van der Waals surface area contributed by atoms with Gasteiger partial charge in [0.25, 0.3) is 0 Å². The number of benzene rings is 3. The van der Waals surface area contributed by atoms with E-state index in [0.717, 1.165) is 30.4 Å². The summed E-state index contributed by atoms with van der Waals surface area (Å²) in [4.78, 5) is 12.7. The summed E-state index contributed by atoms with van der Waals surface area (Å²) < 4.78 is 6.05. The van der Waals surface area contributed by atoms with Crippen LogP contribution in [-0.4, -0.2) is 17.3 Å². The Hall–Kier alpha value is -2.00. The molecule has 3 unspecified atom stereocenters. The number of esters is 1. The van der Waals surface area contributed by atoms with Crippen LogP contribution in [0.3, 0.4) is 0 Å². The third kappa shape index (κ3) is 4.62. The molecular weight excluding hydrogens is 400 g/mol. The van der Waals surface area contributed by atoms with Crippen LogP contribution in [0.25, 0.3) is 21.5 Å². The Morgan fingerprint density at radius 2 is 1.71 bits per heavy atom. The van der Waals surface area contributed by atoms with Gasteiger partial charge < -0.3 is 4.74 Å². The monoisotopic (exact) mass is 432 g/mol. The van der Waals surface area contributed by atoms with Gasteiger partial charge in [-0.05, 0) is 77.3 Å². The van der Waals surface area contributed by atoms with Crippen LogP contribution >= 0.6 is 11.8 Å². The van der Waals surface area contributed by atoms with E-state index in [-0.39, 0.29) is 11.6 Å². The Morgan fingerprint density at radius 1 is 0.968 bits per heavy atom. The van der Waals surface area contributed by atoms with Crippen molar-refractivity contribution in [1.82, 2.24) is 0 Å². The molecule has 2 fully saturated rings. The van der Waals surface area contributed by atoms with Crippen LogP contribution in [0.5, 0.6) is 0 Å². The van der Waals surface area contributed by atoms with Gasteiger partial charge in [-0.15, -0.1) is 11.8 Å². The van der Waals surface area contributed by atoms with E-state index < -0.39 is 0 Å². The average molecular weight is 433 g/mol. The largest absolute Gasteiger partial charge is 0.459 e. The summed E-state index contributed by atoms with van der Waals surface area (Å²) in [6, 6.07) is 19.5. The van der Waals surface area contributed by atoms with Crippen LogP contribution in [0.4, 0.5) is 0 Å². The van der Waals surface area contributed by atoms with Gasteiger partial charge >= 0.3 is 5.97 Å². The molecule has 0 aromatic heterocycles. The molecule has 3 aromatic carbocycles. The molecule has 0 aliphatic heterocycles.